The van der Waals surface area contributed by atoms with E-state index in [0.717, 1.165) is 51.3 Å². The number of carbonyl (C=O) groups excluding carboxylic acids is 1. The highest BCUT2D eigenvalue weighted by Crippen LogP contribution is 2.12. The van der Waals surface area contributed by atoms with Crippen LogP contribution in [-0.4, -0.2) is 58.2 Å². The highest BCUT2D eigenvalue weighted by atomic mass is 32.1. The molecule has 5 nitrogen and oxygen atoms in total. The Morgan fingerprint density at radius 2 is 2.19 bits per heavy atom. The van der Waals surface area contributed by atoms with Crippen molar-refractivity contribution in [3.05, 3.63) is 40.8 Å². The van der Waals surface area contributed by atoms with Crippen molar-refractivity contribution in [1.29, 1.82) is 0 Å². The zero-order valence-corrected chi connectivity index (χ0v) is 12.8. The molecule has 0 aromatic carbocycles. The monoisotopic (exact) mass is 304 g/mol. The number of rotatable bonds is 4. The van der Waals surface area contributed by atoms with E-state index in [0.29, 0.717) is 0 Å². The van der Waals surface area contributed by atoms with Crippen LogP contribution in [0.2, 0.25) is 0 Å². The Bertz CT molecular complexity index is 552. The molecule has 0 aliphatic carbocycles. The second kappa shape index (κ2) is 6.87. The summed E-state index contributed by atoms with van der Waals surface area (Å²) in [5, 5.41) is 8.12. The van der Waals surface area contributed by atoms with Crippen LogP contribution in [-0.2, 0) is 6.54 Å². The lowest BCUT2D eigenvalue weighted by molar-refractivity contribution is 0.0762. The first-order valence-electron chi connectivity index (χ1n) is 7.34. The van der Waals surface area contributed by atoms with Crippen molar-refractivity contribution in [2.75, 3.05) is 32.7 Å². The standard InChI is InChI=1S/C15H20N4OS/c20-15(14-3-12-21-13-14)18-6-2-5-17(8-10-18)9-11-19-7-1-4-16-19/h1,3-4,7,12-13H,2,5-6,8-11H2. The molecule has 6 heteroatoms. The predicted octanol–water partition coefficient (Wildman–Crippen LogP) is 1.79. The lowest BCUT2D eigenvalue weighted by Crippen LogP contribution is -2.35. The van der Waals surface area contributed by atoms with E-state index in [1.165, 1.54) is 0 Å². The molecule has 0 unspecified atom stereocenters. The van der Waals surface area contributed by atoms with E-state index in [2.05, 4.69) is 10.00 Å². The van der Waals surface area contributed by atoms with Crippen molar-refractivity contribution in [3.8, 4) is 0 Å². The molecule has 1 aliphatic heterocycles. The minimum Gasteiger partial charge on any atom is -0.337 e. The van der Waals surface area contributed by atoms with Gasteiger partial charge in [-0.2, -0.15) is 16.4 Å². The van der Waals surface area contributed by atoms with Crippen molar-refractivity contribution in [3.63, 3.8) is 0 Å². The van der Waals surface area contributed by atoms with Gasteiger partial charge in [0.25, 0.3) is 5.91 Å². The van der Waals surface area contributed by atoms with Gasteiger partial charge >= 0.3 is 0 Å². The highest BCUT2D eigenvalue weighted by molar-refractivity contribution is 7.08. The molecule has 2 aromatic heterocycles. The van der Waals surface area contributed by atoms with Gasteiger partial charge < -0.3 is 4.90 Å². The van der Waals surface area contributed by atoms with Crippen molar-refractivity contribution in [1.82, 2.24) is 19.6 Å². The highest BCUT2D eigenvalue weighted by Gasteiger charge is 2.20. The van der Waals surface area contributed by atoms with Crippen molar-refractivity contribution in [2.45, 2.75) is 13.0 Å². The van der Waals surface area contributed by atoms with Crippen LogP contribution < -0.4 is 0 Å². The summed E-state index contributed by atoms with van der Waals surface area (Å²) in [7, 11) is 0. The molecule has 112 valence electrons. The summed E-state index contributed by atoms with van der Waals surface area (Å²) >= 11 is 1.58. The third kappa shape index (κ3) is 3.71. The van der Waals surface area contributed by atoms with Crippen LogP contribution in [0.5, 0.6) is 0 Å². The zero-order chi connectivity index (χ0) is 14.5. The van der Waals surface area contributed by atoms with Gasteiger partial charge in [0.15, 0.2) is 0 Å². The van der Waals surface area contributed by atoms with Crippen LogP contribution in [0.25, 0.3) is 0 Å². The fourth-order valence-electron chi connectivity index (χ4n) is 2.64. The van der Waals surface area contributed by atoms with E-state index in [4.69, 9.17) is 0 Å². The van der Waals surface area contributed by atoms with Crippen LogP contribution >= 0.6 is 11.3 Å². The number of hydrogen-bond donors (Lipinski definition) is 0. The summed E-state index contributed by atoms with van der Waals surface area (Å²) in [5.41, 5.74) is 0.824. The first-order chi connectivity index (χ1) is 10.3. The Balaban J connectivity index is 1.51. The van der Waals surface area contributed by atoms with Gasteiger partial charge in [0.05, 0.1) is 12.1 Å². The topological polar surface area (TPSA) is 41.4 Å². The van der Waals surface area contributed by atoms with Gasteiger partial charge in [0.1, 0.15) is 0 Å². The van der Waals surface area contributed by atoms with Gasteiger partial charge in [-0.25, -0.2) is 0 Å². The molecule has 3 heterocycles. The Morgan fingerprint density at radius 3 is 2.95 bits per heavy atom. The van der Waals surface area contributed by atoms with Crippen LogP contribution in [0.1, 0.15) is 16.8 Å². The Morgan fingerprint density at radius 1 is 1.24 bits per heavy atom. The fraction of sp³-hybridized carbons (Fsp3) is 0.467. The second-order valence-electron chi connectivity index (χ2n) is 5.27. The smallest absolute Gasteiger partial charge is 0.254 e. The SMILES string of the molecule is O=C(c1ccsc1)N1CCCN(CCn2cccn2)CC1. The second-order valence-corrected chi connectivity index (χ2v) is 6.05. The minimum atomic E-state index is 0.171. The number of carbonyl (C=O) groups is 1. The summed E-state index contributed by atoms with van der Waals surface area (Å²) in [6.45, 7) is 5.56. The Kier molecular flexibility index (Phi) is 4.67. The molecule has 0 spiro atoms. The third-order valence-electron chi connectivity index (χ3n) is 3.85. The molecule has 1 aliphatic rings. The summed E-state index contributed by atoms with van der Waals surface area (Å²) in [6, 6.07) is 3.86. The van der Waals surface area contributed by atoms with E-state index in [1.54, 1.807) is 11.3 Å². The van der Waals surface area contributed by atoms with Gasteiger partial charge in [-0.1, -0.05) is 0 Å². The zero-order valence-electron chi connectivity index (χ0n) is 12.0. The molecular weight excluding hydrogens is 284 g/mol. The van der Waals surface area contributed by atoms with Gasteiger partial charge in [-0.3, -0.25) is 14.4 Å². The predicted molar refractivity (Wildman–Crippen MR) is 83.5 cm³/mol. The Labute approximate surface area is 128 Å². The van der Waals surface area contributed by atoms with Crippen molar-refractivity contribution < 1.29 is 4.79 Å². The molecule has 0 saturated carbocycles. The van der Waals surface area contributed by atoms with Crippen molar-refractivity contribution >= 4 is 17.2 Å². The number of hydrogen-bond acceptors (Lipinski definition) is 4. The molecule has 0 radical (unpaired) electrons. The average molecular weight is 304 g/mol. The third-order valence-corrected chi connectivity index (χ3v) is 4.53. The molecule has 1 fully saturated rings. The lowest BCUT2D eigenvalue weighted by atomic mass is 10.3. The number of amides is 1. The van der Waals surface area contributed by atoms with Crippen LogP contribution in [0.3, 0.4) is 0 Å². The average Bonchev–Trinajstić information content (AvgIpc) is 3.15. The summed E-state index contributed by atoms with van der Waals surface area (Å²) in [6.07, 6.45) is 4.84. The number of aromatic nitrogens is 2. The lowest BCUT2D eigenvalue weighted by Gasteiger charge is -2.21. The van der Waals surface area contributed by atoms with Crippen LogP contribution in [0, 0.1) is 0 Å². The number of nitrogens with zero attached hydrogens (tertiary/aromatic N) is 4. The van der Waals surface area contributed by atoms with E-state index in [-0.39, 0.29) is 5.91 Å². The molecule has 0 bridgehead atoms. The molecule has 0 N–H and O–H groups in total. The maximum absolute atomic E-state index is 12.4. The maximum Gasteiger partial charge on any atom is 0.254 e. The summed E-state index contributed by atoms with van der Waals surface area (Å²) < 4.78 is 1.96. The van der Waals surface area contributed by atoms with Gasteiger partial charge in [-0.15, -0.1) is 0 Å². The van der Waals surface area contributed by atoms with E-state index in [1.807, 2.05) is 44.9 Å². The molecule has 1 amide bonds. The molecule has 3 rings (SSSR count). The van der Waals surface area contributed by atoms with Crippen LogP contribution in [0.4, 0.5) is 0 Å². The fourth-order valence-corrected chi connectivity index (χ4v) is 3.27. The Hall–Kier alpha value is -1.66. The largest absolute Gasteiger partial charge is 0.337 e. The maximum atomic E-state index is 12.4. The van der Waals surface area contributed by atoms with Gasteiger partial charge in [0, 0.05) is 44.0 Å². The molecular formula is C15H20N4OS. The van der Waals surface area contributed by atoms with Gasteiger partial charge in [0.2, 0.25) is 0 Å². The summed E-state index contributed by atoms with van der Waals surface area (Å²) in [4.78, 5) is 16.8. The number of thiophene rings is 1. The van der Waals surface area contributed by atoms with E-state index < -0.39 is 0 Å². The van der Waals surface area contributed by atoms with E-state index in [9.17, 15) is 4.79 Å². The first kappa shape index (κ1) is 14.3. The van der Waals surface area contributed by atoms with E-state index >= 15 is 0 Å². The quantitative estimate of drug-likeness (QED) is 0.865. The normalized spacial score (nSPS) is 16.9. The minimum absolute atomic E-state index is 0.171. The van der Waals surface area contributed by atoms with Crippen molar-refractivity contribution in [2.24, 2.45) is 0 Å². The summed E-state index contributed by atoms with van der Waals surface area (Å²) in [5.74, 6) is 0.171. The van der Waals surface area contributed by atoms with Gasteiger partial charge in [-0.05, 0) is 30.5 Å². The molecule has 1 saturated heterocycles. The molecule has 21 heavy (non-hydrogen) atoms. The first-order valence-corrected chi connectivity index (χ1v) is 8.28. The molecule has 2 aromatic rings. The molecule has 0 atom stereocenters. The van der Waals surface area contributed by atoms with Crippen LogP contribution in [0.15, 0.2) is 35.3 Å².